The number of carbonyl (C=O) groups is 2. The summed E-state index contributed by atoms with van der Waals surface area (Å²) in [7, 11) is 0. The molecule has 2 fully saturated rings. The molecule has 0 aromatic heterocycles. The van der Waals surface area contributed by atoms with Crippen molar-refractivity contribution in [2.45, 2.75) is 37.6 Å². The Morgan fingerprint density at radius 3 is 2.43 bits per heavy atom. The molecule has 2 amide bonds. The van der Waals surface area contributed by atoms with Gasteiger partial charge in [-0.1, -0.05) is 47.5 Å². The van der Waals surface area contributed by atoms with Crippen molar-refractivity contribution in [2.24, 2.45) is 17.7 Å². The van der Waals surface area contributed by atoms with Crippen molar-refractivity contribution < 1.29 is 9.59 Å². The quantitative estimate of drug-likeness (QED) is 0.391. The van der Waals surface area contributed by atoms with Gasteiger partial charge in [0.1, 0.15) is 0 Å². The third kappa shape index (κ3) is 4.64. The Balaban J connectivity index is 1.77. The number of hydrazine groups is 1. The van der Waals surface area contributed by atoms with Crippen LogP contribution >= 0.6 is 23.2 Å². The average molecular weight is 446 g/mol. The van der Waals surface area contributed by atoms with E-state index in [2.05, 4.69) is 5.43 Å². The van der Waals surface area contributed by atoms with Crippen LogP contribution < -0.4 is 11.3 Å². The predicted octanol–water partition coefficient (Wildman–Crippen LogP) is 4.46. The minimum Gasteiger partial charge on any atom is -0.335 e. The molecule has 2 aromatic carbocycles. The second kappa shape index (κ2) is 8.96. The first-order valence-electron chi connectivity index (χ1n) is 10.3. The molecule has 4 rings (SSSR count). The molecule has 1 aliphatic heterocycles. The second-order valence-corrected chi connectivity index (χ2v) is 9.17. The van der Waals surface area contributed by atoms with Crippen LogP contribution in [0.1, 0.15) is 48.8 Å². The van der Waals surface area contributed by atoms with Crippen LogP contribution in [0.5, 0.6) is 0 Å². The summed E-state index contributed by atoms with van der Waals surface area (Å²) in [6, 6.07) is 15.3. The maximum atomic E-state index is 13.5. The molecule has 7 heteroatoms. The number of piperidine rings is 1. The summed E-state index contributed by atoms with van der Waals surface area (Å²) in [4.78, 5) is 27.5. The van der Waals surface area contributed by atoms with Crippen LogP contribution in [0.4, 0.5) is 0 Å². The van der Waals surface area contributed by atoms with E-state index in [1.807, 2.05) is 53.4 Å². The lowest BCUT2D eigenvalue weighted by Gasteiger charge is -2.45. The normalized spacial score (nSPS) is 24.0. The van der Waals surface area contributed by atoms with E-state index in [4.69, 9.17) is 29.0 Å². The fraction of sp³-hybridized carbons (Fsp3) is 0.391. The number of hydrogen-bond acceptors (Lipinski definition) is 3. The molecule has 158 valence electrons. The van der Waals surface area contributed by atoms with Crippen molar-refractivity contribution in [1.29, 1.82) is 0 Å². The summed E-state index contributed by atoms with van der Waals surface area (Å²) in [5, 5.41) is 1.32. The van der Waals surface area contributed by atoms with Crippen LogP contribution in [0.3, 0.4) is 0 Å². The van der Waals surface area contributed by atoms with Crippen molar-refractivity contribution in [3.05, 3.63) is 69.7 Å². The Hall–Kier alpha value is -2.08. The molecule has 2 aliphatic rings. The van der Waals surface area contributed by atoms with Gasteiger partial charge in [0.2, 0.25) is 11.8 Å². The van der Waals surface area contributed by atoms with Crippen molar-refractivity contribution in [2.75, 3.05) is 6.54 Å². The molecule has 30 heavy (non-hydrogen) atoms. The zero-order valence-electron chi connectivity index (χ0n) is 16.6. The highest BCUT2D eigenvalue weighted by Crippen LogP contribution is 2.48. The third-order valence-electron chi connectivity index (χ3n) is 6.12. The molecule has 3 atom stereocenters. The van der Waals surface area contributed by atoms with E-state index < -0.39 is 5.92 Å². The van der Waals surface area contributed by atoms with E-state index in [1.165, 1.54) is 0 Å². The summed E-state index contributed by atoms with van der Waals surface area (Å²) in [6.45, 7) is 0.698. The van der Waals surface area contributed by atoms with Crippen molar-refractivity contribution >= 4 is 35.0 Å². The first kappa shape index (κ1) is 21.2. The van der Waals surface area contributed by atoms with Crippen LogP contribution in [0, 0.1) is 11.8 Å². The Labute approximate surface area is 186 Å². The lowest BCUT2D eigenvalue weighted by Crippen LogP contribution is -2.49. The van der Waals surface area contributed by atoms with Crippen molar-refractivity contribution in [3.8, 4) is 0 Å². The SMILES string of the molecule is NNC(=O)C[C@H]1CC(c2cccc(Cl)c2)C(c2ccc(Cl)cc2)N(CC2CC2)C1=O. The molecular weight excluding hydrogens is 421 g/mol. The molecule has 2 aromatic rings. The number of hydrogen-bond donors (Lipinski definition) is 2. The molecule has 1 saturated heterocycles. The summed E-state index contributed by atoms with van der Waals surface area (Å²) < 4.78 is 0. The second-order valence-electron chi connectivity index (χ2n) is 8.30. The number of amides is 2. The van der Waals surface area contributed by atoms with Gasteiger partial charge < -0.3 is 4.90 Å². The zero-order valence-corrected chi connectivity index (χ0v) is 18.1. The number of nitrogens with one attached hydrogen (secondary N) is 1. The standard InChI is InChI=1S/C23H25Cl2N3O2/c24-18-8-6-15(7-9-18)22-20(16-2-1-3-19(25)10-16)11-17(12-21(29)27-26)23(30)28(22)13-14-4-5-14/h1-3,6-10,14,17,20,22H,4-5,11-13,26H2,(H,27,29)/t17-,20?,22?/m1/s1. The Morgan fingerprint density at radius 1 is 1.07 bits per heavy atom. The molecule has 0 radical (unpaired) electrons. The lowest BCUT2D eigenvalue weighted by atomic mass is 9.74. The topological polar surface area (TPSA) is 75.4 Å². The highest BCUT2D eigenvalue weighted by Gasteiger charge is 2.45. The van der Waals surface area contributed by atoms with Crippen LogP contribution in [0.2, 0.25) is 10.0 Å². The van der Waals surface area contributed by atoms with Gasteiger partial charge in [-0.2, -0.15) is 0 Å². The van der Waals surface area contributed by atoms with Gasteiger partial charge in [0, 0.05) is 34.8 Å². The molecule has 2 unspecified atom stereocenters. The minimum absolute atomic E-state index is 0.0110. The van der Waals surface area contributed by atoms with E-state index >= 15 is 0 Å². The smallest absolute Gasteiger partial charge is 0.234 e. The number of benzene rings is 2. The van der Waals surface area contributed by atoms with E-state index in [1.54, 1.807) is 0 Å². The maximum Gasteiger partial charge on any atom is 0.234 e. The van der Waals surface area contributed by atoms with Gasteiger partial charge >= 0.3 is 0 Å². The highest BCUT2D eigenvalue weighted by molar-refractivity contribution is 6.30. The lowest BCUT2D eigenvalue weighted by molar-refractivity contribution is -0.146. The summed E-state index contributed by atoms with van der Waals surface area (Å²) in [5.74, 6) is 5.11. The van der Waals surface area contributed by atoms with Gasteiger partial charge in [0.05, 0.1) is 6.04 Å². The van der Waals surface area contributed by atoms with Gasteiger partial charge in [-0.15, -0.1) is 0 Å². The number of nitrogens with zero attached hydrogens (tertiary/aromatic N) is 1. The largest absolute Gasteiger partial charge is 0.335 e. The Bertz CT molecular complexity index is 930. The van der Waals surface area contributed by atoms with Crippen LogP contribution in [-0.4, -0.2) is 23.3 Å². The minimum atomic E-state index is -0.417. The van der Waals surface area contributed by atoms with Crippen molar-refractivity contribution in [3.63, 3.8) is 0 Å². The number of carbonyl (C=O) groups excluding carboxylic acids is 2. The highest BCUT2D eigenvalue weighted by atomic mass is 35.5. The summed E-state index contributed by atoms with van der Waals surface area (Å²) in [6.07, 6.45) is 2.90. The predicted molar refractivity (Wildman–Crippen MR) is 118 cm³/mol. The molecule has 0 spiro atoms. The zero-order chi connectivity index (χ0) is 21.3. The monoisotopic (exact) mass is 445 g/mol. The fourth-order valence-electron chi connectivity index (χ4n) is 4.49. The molecule has 5 nitrogen and oxygen atoms in total. The molecule has 1 aliphatic carbocycles. The Morgan fingerprint density at radius 2 is 1.80 bits per heavy atom. The van der Waals surface area contributed by atoms with Gasteiger partial charge in [-0.3, -0.25) is 15.0 Å². The first-order chi connectivity index (χ1) is 14.5. The third-order valence-corrected chi connectivity index (χ3v) is 6.61. The number of nitrogens with two attached hydrogens (primary N) is 1. The molecule has 3 N–H and O–H groups in total. The van der Waals surface area contributed by atoms with Gasteiger partial charge in [0.15, 0.2) is 0 Å². The molecule has 1 heterocycles. The van der Waals surface area contributed by atoms with Crippen LogP contribution in [0.15, 0.2) is 48.5 Å². The maximum absolute atomic E-state index is 13.5. The number of rotatable bonds is 6. The van der Waals surface area contributed by atoms with E-state index in [-0.39, 0.29) is 30.2 Å². The van der Waals surface area contributed by atoms with E-state index in [0.717, 1.165) is 24.0 Å². The molecule has 0 bridgehead atoms. The van der Waals surface area contributed by atoms with Gasteiger partial charge in [-0.05, 0) is 60.6 Å². The average Bonchev–Trinajstić information content (AvgIpc) is 3.55. The van der Waals surface area contributed by atoms with E-state index in [9.17, 15) is 9.59 Å². The van der Waals surface area contributed by atoms with Crippen molar-refractivity contribution in [1.82, 2.24) is 10.3 Å². The number of halogens is 2. The van der Waals surface area contributed by atoms with E-state index in [0.29, 0.717) is 28.9 Å². The summed E-state index contributed by atoms with van der Waals surface area (Å²) >= 11 is 12.4. The van der Waals surface area contributed by atoms with Crippen LogP contribution in [0.25, 0.3) is 0 Å². The number of likely N-dealkylation sites (tertiary alicyclic amines) is 1. The van der Waals surface area contributed by atoms with Gasteiger partial charge in [0.25, 0.3) is 0 Å². The van der Waals surface area contributed by atoms with Crippen LogP contribution in [-0.2, 0) is 9.59 Å². The Kier molecular flexibility index (Phi) is 6.32. The molecule has 1 saturated carbocycles. The molecular formula is C23H25Cl2N3O2. The fourth-order valence-corrected chi connectivity index (χ4v) is 4.81. The van der Waals surface area contributed by atoms with Gasteiger partial charge in [-0.25, -0.2) is 5.84 Å². The first-order valence-corrected chi connectivity index (χ1v) is 11.0. The summed E-state index contributed by atoms with van der Waals surface area (Å²) in [5.41, 5.74) is 4.27.